The SMILES string of the molecule is Cc1onc2c1c(=O)n([C@H]1CCC[C@H](CN)C1)c1cccc(Cl)c21. The Morgan fingerprint density at radius 1 is 1.38 bits per heavy atom. The summed E-state index contributed by atoms with van der Waals surface area (Å²) in [6.45, 7) is 2.44. The summed E-state index contributed by atoms with van der Waals surface area (Å²) in [6, 6.07) is 5.78. The predicted octanol–water partition coefficient (Wildman–Crippen LogP) is 3.79. The van der Waals surface area contributed by atoms with Crippen LogP contribution in [0.5, 0.6) is 0 Å². The van der Waals surface area contributed by atoms with Crippen molar-refractivity contribution in [3.63, 3.8) is 0 Å². The Labute approximate surface area is 144 Å². The molecule has 2 heterocycles. The lowest BCUT2D eigenvalue weighted by atomic mass is 9.85. The van der Waals surface area contributed by atoms with Crippen LogP contribution in [0.15, 0.2) is 27.5 Å². The molecule has 1 aromatic carbocycles. The van der Waals surface area contributed by atoms with Crippen molar-refractivity contribution in [1.29, 1.82) is 0 Å². The van der Waals surface area contributed by atoms with E-state index in [1.165, 1.54) is 0 Å². The molecule has 2 atom stereocenters. The number of aryl methyl sites for hydroxylation is 1. The number of aromatic nitrogens is 2. The summed E-state index contributed by atoms with van der Waals surface area (Å²) in [5.74, 6) is 1.00. The second-order valence-corrected chi connectivity index (χ2v) is 7.10. The molecule has 2 N–H and O–H groups in total. The molecule has 0 unspecified atom stereocenters. The predicted molar refractivity (Wildman–Crippen MR) is 95.6 cm³/mol. The van der Waals surface area contributed by atoms with Crippen molar-refractivity contribution in [3.05, 3.63) is 39.3 Å². The van der Waals surface area contributed by atoms with Gasteiger partial charge in [0.1, 0.15) is 16.7 Å². The summed E-state index contributed by atoms with van der Waals surface area (Å²) in [7, 11) is 0. The lowest BCUT2D eigenvalue weighted by molar-refractivity contribution is 0.273. The summed E-state index contributed by atoms with van der Waals surface area (Å²) in [5, 5.41) is 6.01. The number of halogens is 1. The van der Waals surface area contributed by atoms with Gasteiger partial charge in [-0.15, -0.1) is 0 Å². The summed E-state index contributed by atoms with van der Waals surface area (Å²) < 4.78 is 7.20. The Hall–Kier alpha value is -1.85. The lowest BCUT2D eigenvalue weighted by Gasteiger charge is -2.30. The standard InChI is InChI=1S/C18H20ClN3O2/c1-10-15-17(21-24-10)16-13(19)6-3-7-14(16)22(18(15)23)12-5-2-4-11(8-12)9-20/h3,6-7,11-12H,2,4-5,8-9,20H2,1H3/t11-,12-/m0/s1. The van der Waals surface area contributed by atoms with Gasteiger partial charge in [-0.05, 0) is 50.8 Å². The van der Waals surface area contributed by atoms with Gasteiger partial charge in [0.2, 0.25) is 0 Å². The average molecular weight is 346 g/mol. The quantitative estimate of drug-likeness (QED) is 0.766. The Morgan fingerprint density at radius 2 is 2.21 bits per heavy atom. The van der Waals surface area contributed by atoms with Crippen molar-refractivity contribution in [2.24, 2.45) is 11.7 Å². The lowest BCUT2D eigenvalue weighted by Crippen LogP contribution is -2.31. The molecule has 1 aliphatic carbocycles. The fourth-order valence-electron chi connectivity index (χ4n) is 4.05. The number of hydrogen-bond acceptors (Lipinski definition) is 4. The first-order valence-electron chi connectivity index (χ1n) is 8.40. The number of pyridine rings is 1. The van der Waals surface area contributed by atoms with Gasteiger partial charge in [0, 0.05) is 11.4 Å². The highest BCUT2D eigenvalue weighted by Crippen LogP contribution is 2.36. The van der Waals surface area contributed by atoms with Crippen LogP contribution in [-0.2, 0) is 0 Å². The van der Waals surface area contributed by atoms with E-state index in [0.717, 1.165) is 36.6 Å². The molecule has 0 amide bonds. The van der Waals surface area contributed by atoms with Crippen molar-refractivity contribution in [2.45, 2.75) is 38.6 Å². The third-order valence-electron chi connectivity index (χ3n) is 5.24. The van der Waals surface area contributed by atoms with Crippen LogP contribution >= 0.6 is 11.6 Å². The normalized spacial score (nSPS) is 21.6. The van der Waals surface area contributed by atoms with Gasteiger partial charge < -0.3 is 14.8 Å². The van der Waals surface area contributed by atoms with E-state index < -0.39 is 0 Å². The average Bonchev–Trinajstić information content (AvgIpc) is 2.97. The van der Waals surface area contributed by atoms with Crippen molar-refractivity contribution >= 4 is 33.4 Å². The molecular formula is C18H20ClN3O2. The maximum absolute atomic E-state index is 13.2. The minimum atomic E-state index is -0.0406. The van der Waals surface area contributed by atoms with E-state index in [0.29, 0.717) is 34.1 Å². The molecule has 0 spiro atoms. The van der Waals surface area contributed by atoms with Crippen LogP contribution < -0.4 is 11.3 Å². The zero-order valence-electron chi connectivity index (χ0n) is 13.6. The number of nitrogens with two attached hydrogens (primary N) is 1. The summed E-state index contributed by atoms with van der Waals surface area (Å²) >= 11 is 6.45. The highest BCUT2D eigenvalue weighted by Gasteiger charge is 2.27. The zero-order chi connectivity index (χ0) is 16.8. The van der Waals surface area contributed by atoms with Gasteiger partial charge >= 0.3 is 0 Å². The number of rotatable bonds is 2. The van der Waals surface area contributed by atoms with Crippen LogP contribution in [0.1, 0.15) is 37.5 Å². The van der Waals surface area contributed by atoms with Crippen molar-refractivity contribution in [3.8, 4) is 0 Å². The Morgan fingerprint density at radius 3 is 3.00 bits per heavy atom. The maximum atomic E-state index is 13.2. The van der Waals surface area contributed by atoms with Crippen molar-refractivity contribution in [1.82, 2.24) is 9.72 Å². The Kier molecular flexibility index (Phi) is 3.85. The van der Waals surface area contributed by atoms with E-state index >= 15 is 0 Å². The zero-order valence-corrected chi connectivity index (χ0v) is 14.3. The molecule has 0 saturated heterocycles. The second-order valence-electron chi connectivity index (χ2n) is 6.69. The van der Waals surface area contributed by atoms with E-state index in [-0.39, 0.29) is 11.6 Å². The van der Waals surface area contributed by atoms with Crippen LogP contribution in [0.2, 0.25) is 5.02 Å². The molecule has 6 heteroatoms. The monoisotopic (exact) mass is 345 g/mol. The first-order chi connectivity index (χ1) is 11.6. The van der Waals surface area contributed by atoms with Crippen LogP contribution in [0, 0.1) is 12.8 Å². The van der Waals surface area contributed by atoms with Crippen molar-refractivity contribution in [2.75, 3.05) is 6.54 Å². The minimum absolute atomic E-state index is 0.0406. The molecule has 0 aliphatic heterocycles. The highest BCUT2D eigenvalue weighted by atomic mass is 35.5. The molecule has 0 radical (unpaired) electrons. The van der Waals surface area contributed by atoms with Gasteiger partial charge in [0.05, 0.1) is 10.5 Å². The first kappa shape index (κ1) is 15.7. The highest BCUT2D eigenvalue weighted by molar-refractivity contribution is 6.37. The molecule has 3 aromatic rings. The fourth-order valence-corrected chi connectivity index (χ4v) is 4.31. The van der Waals surface area contributed by atoms with E-state index in [4.69, 9.17) is 21.9 Å². The number of nitrogens with zero attached hydrogens (tertiary/aromatic N) is 2. The fraction of sp³-hybridized carbons (Fsp3) is 0.444. The second kappa shape index (κ2) is 5.90. The van der Waals surface area contributed by atoms with E-state index in [2.05, 4.69) is 5.16 Å². The third kappa shape index (κ3) is 2.26. The van der Waals surface area contributed by atoms with E-state index in [1.807, 2.05) is 22.8 Å². The Balaban J connectivity index is 2.06. The summed E-state index contributed by atoms with van der Waals surface area (Å²) in [5.41, 5.74) is 7.23. The Bertz CT molecular complexity index is 976. The van der Waals surface area contributed by atoms with Gasteiger partial charge in [-0.2, -0.15) is 0 Å². The van der Waals surface area contributed by atoms with Gasteiger partial charge in [-0.1, -0.05) is 29.2 Å². The number of fused-ring (bicyclic) bond motifs is 3. The summed E-state index contributed by atoms with van der Waals surface area (Å²) in [6.07, 6.45) is 4.12. The topological polar surface area (TPSA) is 74.0 Å². The van der Waals surface area contributed by atoms with Gasteiger partial charge in [0.15, 0.2) is 0 Å². The molecule has 126 valence electrons. The maximum Gasteiger partial charge on any atom is 0.264 e. The first-order valence-corrected chi connectivity index (χ1v) is 8.78. The molecule has 1 aliphatic rings. The number of hydrogen-bond donors (Lipinski definition) is 1. The van der Waals surface area contributed by atoms with Gasteiger partial charge in [-0.3, -0.25) is 4.79 Å². The molecule has 4 rings (SSSR count). The van der Waals surface area contributed by atoms with E-state index in [1.54, 1.807) is 6.92 Å². The molecule has 1 fully saturated rings. The van der Waals surface area contributed by atoms with Crippen LogP contribution in [-0.4, -0.2) is 16.3 Å². The number of benzene rings is 1. The van der Waals surface area contributed by atoms with Crippen LogP contribution in [0.3, 0.4) is 0 Å². The molecule has 5 nitrogen and oxygen atoms in total. The largest absolute Gasteiger partial charge is 0.360 e. The van der Waals surface area contributed by atoms with Gasteiger partial charge in [-0.25, -0.2) is 0 Å². The van der Waals surface area contributed by atoms with Gasteiger partial charge in [0.25, 0.3) is 5.56 Å². The van der Waals surface area contributed by atoms with Crippen LogP contribution in [0.4, 0.5) is 0 Å². The minimum Gasteiger partial charge on any atom is -0.360 e. The molecule has 0 bridgehead atoms. The summed E-state index contributed by atoms with van der Waals surface area (Å²) in [4.78, 5) is 13.2. The molecular weight excluding hydrogens is 326 g/mol. The molecule has 24 heavy (non-hydrogen) atoms. The molecule has 1 saturated carbocycles. The van der Waals surface area contributed by atoms with Crippen LogP contribution in [0.25, 0.3) is 21.8 Å². The smallest absolute Gasteiger partial charge is 0.264 e. The third-order valence-corrected chi connectivity index (χ3v) is 5.55. The van der Waals surface area contributed by atoms with Crippen molar-refractivity contribution < 1.29 is 4.52 Å². The molecule has 2 aromatic heterocycles. The van der Waals surface area contributed by atoms with E-state index in [9.17, 15) is 4.79 Å².